The monoisotopic (exact) mass is 409 g/mol. The number of amides is 1. The van der Waals surface area contributed by atoms with Crippen LogP contribution in [0.4, 0.5) is 5.69 Å². The first-order chi connectivity index (χ1) is 12.5. The molecule has 0 aliphatic rings. The van der Waals surface area contributed by atoms with Crippen LogP contribution < -0.4 is 10.1 Å². The topological polar surface area (TPSA) is 38.3 Å². The standard InChI is InChI=1S/C22H20BrNO2/c1-15-10-16(2)12-19(11-15)24-22(25)20-8-3-4-9-21(20)26-14-17-6-5-7-18(23)13-17/h3-13H,14H2,1-2H3,(H,24,25). The van der Waals surface area contributed by atoms with Gasteiger partial charge in [0.1, 0.15) is 12.4 Å². The molecule has 0 heterocycles. The quantitative estimate of drug-likeness (QED) is 0.569. The lowest BCUT2D eigenvalue weighted by Gasteiger charge is -2.13. The fourth-order valence-electron chi connectivity index (χ4n) is 2.81. The molecular formula is C22H20BrNO2. The molecule has 4 heteroatoms. The van der Waals surface area contributed by atoms with Crippen molar-refractivity contribution in [2.24, 2.45) is 0 Å². The number of carbonyl (C=O) groups excluding carboxylic acids is 1. The summed E-state index contributed by atoms with van der Waals surface area (Å²) in [6, 6.07) is 21.2. The van der Waals surface area contributed by atoms with E-state index in [2.05, 4.69) is 27.3 Å². The Morgan fingerprint density at radius 2 is 1.69 bits per heavy atom. The third-order valence-electron chi connectivity index (χ3n) is 3.89. The summed E-state index contributed by atoms with van der Waals surface area (Å²) in [7, 11) is 0. The van der Waals surface area contributed by atoms with Gasteiger partial charge in [0.25, 0.3) is 5.91 Å². The predicted molar refractivity (Wildman–Crippen MR) is 109 cm³/mol. The first-order valence-corrected chi connectivity index (χ1v) is 9.16. The zero-order valence-electron chi connectivity index (χ0n) is 14.8. The minimum absolute atomic E-state index is 0.181. The van der Waals surface area contributed by atoms with Crippen molar-refractivity contribution >= 4 is 27.5 Å². The number of hydrogen-bond acceptors (Lipinski definition) is 2. The second-order valence-corrected chi connectivity index (χ2v) is 7.16. The highest BCUT2D eigenvalue weighted by Crippen LogP contribution is 2.22. The molecule has 0 atom stereocenters. The zero-order chi connectivity index (χ0) is 18.5. The molecule has 0 saturated heterocycles. The van der Waals surface area contributed by atoms with Crippen molar-refractivity contribution in [2.45, 2.75) is 20.5 Å². The summed E-state index contributed by atoms with van der Waals surface area (Å²) in [4.78, 5) is 12.7. The third-order valence-corrected chi connectivity index (χ3v) is 4.39. The Morgan fingerprint density at radius 3 is 2.42 bits per heavy atom. The van der Waals surface area contributed by atoms with Crippen molar-refractivity contribution in [2.75, 3.05) is 5.32 Å². The molecule has 1 amide bonds. The van der Waals surface area contributed by atoms with Crippen molar-refractivity contribution in [1.82, 2.24) is 0 Å². The van der Waals surface area contributed by atoms with E-state index in [9.17, 15) is 4.79 Å². The van der Waals surface area contributed by atoms with Crippen LogP contribution in [0.2, 0.25) is 0 Å². The summed E-state index contributed by atoms with van der Waals surface area (Å²) in [5, 5.41) is 2.96. The van der Waals surface area contributed by atoms with Crippen LogP contribution >= 0.6 is 15.9 Å². The van der Waals surface area contributed by atoms with Gasteiger partial charge in [-0.2, -0.15) is 0 Å². The fourth-order valence-corrected chi connectivity index (χ4v) is 3.26. The summed E-state index contributed by atoms with van der Waals surface area (Å²) in [5.41, 5.74) is 4.55. The van der Waals surface area contributed by atoms with Gasteiger partial charge < -0.3 is 10.1 Å². The second-order valence-electron chi connectivity index (χ2n) is 6.25. The number of aryl methyl sites for hydroxylation is 2. The van der Waals surface area contributed by atoms with Gasteiger partial charge in [-0.3, -0.25) is 4.79 Å². The summed E-state index contributed by atoms with van der Waals surface area (Å²) in [6.45, 7) is 4.42. The highest BCUT2D eigenvalue weighted by atomic mass is 79.9. The number of halogens is 1. The highest BCUT2D eigenvalue weighted by molar-refractivity contribution is 9.10. The average molecular weight is 410 g/mol. The minimum atomic E-state index is -0.181. The smallest absolute Gasteiger partial charge is 0.259 e. The molecule has 26 heavy (non-hydrogen) atoms. The van der Waals surface area contributed by atoms with E-state index < -0.39 is 0 Å². The number of benzene rings is 3. The molecule has 3 aromatic carbocycles. The van der Waals surface area contributed by atoms with Gasteiger partial charge in [-0.1, -0.05) is 46.3 Å². The Kier molecular flexibility index (Phi) is 5.74. The average Bonchev–Trinajstić information content (AvgIpc) is 2.59. The largest absolute Gasteiger partial charge is 0.488 e. The first kappa shape index (κ1) is 18.2. The fraction of sp³-hybridized carbons (Fsp3) is 0.136. The molecule has 0 aliphatic carbocycles. The van der Waals surface area contributed by atoms with E-state index in [-0.39, 0.29) is 5.91 Å². The summed E-state index contributed by atoms with van der Waals surface area (Å²) < 4.78 is 6.90. The summed E-state index contributed by atoms with van der Waals surface area (Å²) in [5.74, 6) is 0.384. The zero-order valence-corrected chi connectivity index (χ0v) is 16.3. The molecule has 0 radical (unpaired) electrons. The number of carbonyl (C=O) groups is 1. The van der Waals surface area contributed by atoms with Gasteiger partial charge in [0.05, 0.1) is 5.56 Å². The van der Waals surface area contributed by atoms with Crippen molar-refractivity contribution in [1.29, 1.82) is 0 Å². The number of rotatable bonds is 5. The lowest BCUT2D eigenvalue weighted by molar-refractivity contribution is 0.102. The highest BCUT2D eigenvalue weighted by Gasteiger charge is 2.13. The van der Waals surface area contributed by atoms with Crippen LogP contribution in [0.1, 0.15) is 27.0 Å². The van der Waals surface area contributed by atoms with E-state index in [0.29, 0.717) is 17.9 Å². The second kappa shape index (κ2) is 8.19. The van der Waals surface area contributed by atoms with Gasteiger partial charge in [0, 0.05) is 10.2 Å². The third kappa shape index (κ3) is 4.73. The number of ether oxygens (including phenoxy) is 1. The maximum absolute atomic E-state index is 12.7. The number of anilines is 1. The molecule has 3 aromatic rings. The van der Waals surface area contributed by atoms with Crippen LogP contribution in [-0.2, 0) is 6.61 Å². The summed E-state index contributed by atoms with van der Waals surface area (Å²) >= 11 is 3.46. The van der Waals surface area contributed by atoms with Crippen LogP contribution in [0.25, 0.3) is 0 Å². The van der Waals surface area contributed by atoms with Crippen LogP contribution in [0.3, 0.4) is 0 Å². The van der Waals surface area contributed by atoms with Gasteiger partial charge in [-0.05, 0) is 66.9 Å². The molecule has 132 valence electrons. The van der Waals surface area contributed by atoms with E-state index in [4.69, 9.17) is 4.74 Å². The molecule has 1 N–H and O–H groups in total. The maximum Gasteiger partial charge on any atom is 0.259 e. The Bertz CT molecular complexity index is 917. The maximum atomic E-state index is 12.7. The Morgan fingerprint density at radius 1 is 0.962 bits per heavy atom. The SMILES string of the molecule is Cc1cc(C)cc(NC(=O)c2ccccc2OCc2cccc(Br)c2)c1. The van der Waals surface area contributed by atoms with Gasteiger partial charge >= 0.3 is 0 Å². The first-order valence-electron chi connectivity index (χ1n) is 8.37. The molecule has 3 nitrogen and oxygen atoms in total. The predicted octanol–water partition coefficient (Wildman–Crippen LogP) is 5.90. The summed E-state index contributed by atoms with van der Waals surface area (Å²) in [6.07, 6.45) is 0. The Hall–Kier alpha value is -2.59. The molecule has 0 saturated carbocycles. The van der Waals surface area contributed by atoms with E-state index in [1.807, 2.05) is 68.4 Å². The van der Waals surface area contributed by atoms with Gasteiger partial charge in [-0.15, -0.1) is 0 Å². The number of para-hydroxylation sites is 1. The number of hydrogen-bond donors (Lipinski definition) is 1. The van der Waals surface area contributed by atoms with Gasteiger partial charge in [0.15, 0.2) is 0 Å². The van der Waals surface area contributed by atoms with Crippen molar-refractivity contribution in [3.8, 4) is 5.75 Å². The van der Waals surface area contributed by atoms with E-state index >= 15 is 0 Å². The molecule has 0 aromatic heterocycles. The minimum Gasteiger partial charge on any atom is -0.488 e. The molecule has 0 aliphatic heterocycles. The molecular weight excluding hydrogens is 390 g/mol. The van der Waals surface area contributed by atoms with Crippen molar-refractivity contribution in [3.63, 3.8) is 0 Å². The normalized spacial score (nSPS) is 10.4. The lowest BCUT2D eigenvalue weighted by Crippen LogP contribution is -2.14. The van der Waals surface area contributed by atoms with Crippen LogP contribution in [0.5, 0.6) is 5.75 Å². The molecule has 0 fully saturated rings. The Balaban J connectivity index is 1.76. The lowest BCUT2D eigenvalue weighted by atomic mass is 10.1. The molecule has 3 rings (SSSR count). The van der Waals surface area contributed by atoms with Crippen LogP contribution in [0, 0.1) is 13.8 Å². The van der Waals surface area contributed by atoms with E-state index in [1.54, 1.807) is 6.07 Å². The Labute approximate surface area is 162 Å². The number of nitrogens with one attached hydrogen (secondary N) is 1. The van der Waals surface area contributed by atoms with Crippen molar-refractivity contribution in [3.05, 3.63) is 93.5 Å². The van der Waals surface area contributed by atoms with E-state index in [1.165, 1.54) is 0 Å². The van der Waals surface area contributed by atoms with Crippen LogP contribution in [0.15, 0.2) is 71.2 Å². The van der Waals surface area contributed by atoms with E-state index in [0.717, 1.165) is 26.9 Å². The molecule has 0 bridgehead atoms. The molecule has 0 unspecified atom stereocenters. The van der Waals surface area contributed by atoms with Crippen molar-refractivity contribution < 1.29 is 9.53 Å². The van der Waals surface area contributed by atoms with Crippen LogP contribution in [-0.4, -0.2) is 5.91 Å². The van der Waals surface area contributed by atoms with Gasteiger partial charge in [0.2, 0.25) is 0 Å². The molecule has 0 spiro atoms. The van der Waals surface area contributed by atoms with Gasteiger partial charge in [-0.25, -0.2) is 0 Å².